The Morgan fingerprint density at radius 2 is 1.78 bits per heavy atom. The monoisotopic (exact) mass is 241 g/mol. The summed E-state index contributed by atoms with van der Waals surface area (Å²) in [6, 6.07) is 16.1. The molecule has 2 aromatic rings. The van der Waals surface area contributed by atoms with E-state index in [1.807, 2.05) is 19.1 Å². The highest BCUT2D eigenvalue weighted by atomic mass is 16.3. The van der Waals surface area contributed by atoms with Crippen molar-refractivity contribution >= 4 is 5.69 Å². The van der Waals surface area contributed by atoms with Gasteiger partial charge in [-0.05, 0) is 37.1 Å². The number of rotatable bonds is 4. The van der Waals surface area contributed by atoms with E-state index in [1.165, 1.54) is 5.56 Å². The highest BCUT2D eigenvalue weighted by Crippen LogP contribution is 2.24. The lowest BCUT2D eigenvalue weighted by atomic mass is 10.1. The first-order valence-corrected chi connectivity index (χ1v) is 6.28. The quantitative estimate of drug-likeness (QED) is 0.881. The minimum atomic E-state index is 0.330. The van der Waals surface area contributed by atoms with Gasteiger partial charge in [-0.1, -0.05) is 30.3 Å². The van der Waals surface area contributed by atoms with E-state index in [0.717, 1.165) is 24.3 Å². The summed E-state index contributed by atoms with van der Waals surface area (Å²) in [5.74, 6) is 0.330. The van der Waals surface area contributed by atoms with Gasteiger partial charge in [0.1, 0.15) is 5.75 Å². The Balaban J connectivity index is 2.23. The predicted octanol–water partition coefficient (Wildman–Crippen LogP) is 3.73. The summed E-state index contributed by atoms with van der Waals surface area (Å²) in [5, 5.41) is 9.68. The van der Waals surface area contributed by atoms with Crippen LogP contribution in [0.2, 0.25) is 0 Å². The Bertz CT molecular complexity index is 488. The van der Waals surface area contributed by atoms with Crippen molar-refractivity contribution in [3.8, 4) is 5.75 Å². The Kier molecular flexibility index (Phi) is 3.88. The van der Waals surface area contributed by atoms with Crippen LogP contribution in [0, 0.1) is 6.92 Å². The van der Waals surface area contributed by atoms with Crippen LogP contribution in [0.4, 0.5) is 5.69 Å². The maximum absolute atomic E-state index is 9.68. The lowest BCUT2D eigenvalue weighted by molar-refractivity contribution is 0.474. The molecule has 0 unspecified atom stereocenters. The van der Waals surface area contributed by atoms with E-state index in [4.69, 9.17) is 0 Å². The van der Waals surface area contributed by atoms with Gasteiger partial charge in [0.2, 0.25) is 0 Å². The molecule has 0 heterocycles. The Hall–Kier alpha value is -1.96. The van der Waals surface area contributed by atoms with Crippen LogP contribution in [0.3, 0.4) is 0 Å². The molecule has 0 atom stereocenters. The number of aromatic hydroxyl groups is 1. The molecule has 0 spiro atoms. The van der Waals surface area contributed by atoms with Gasteiger partial charge in [-0.15, -0.1) is 0 Å². The molecule has 0 radical (unpaired) electrons. The molecule has 0 aromatic heterocycles. The second-order valence-corrected chi connectivity index (χ2v) is 4.53. The molecular formula is C16H19NO. The molecule has 0 aliphatic carbocycles. The maximum Gasteiger partial charge on any atom is 0.117 e. The fourth-order valence-corrected chi connectivity index (χ4v) is 2.12. The Labute approximate surface area is 109 Å². The molecule has 2 aromatic carbocycles. The molecule has 0 aliphatic rings. The van der Waals surface area contributed by atoms with Crippen LogP contribution < -0.4 is 4.90 Å². The van der Waals surface area contributed by atoms with Crippen LogP contribution in [0.25, 0.3) is 0 Å². The van der Waals surface area contributed by atoms with E-state index in [9.17, 15) is 5.11 Å². The predicted molar refractivity (Wildman–Crippen MR) is 76.0 cm³/mol. The number of aryl methyl sites for hydroxylation is 1. The Morgan fingerprint density at radius 3 is 2.39 bits per heavy atom. The molecule has 2 heteroatoms. The first-order chi connectivity index (χ1) is 8.69. The molecular weight excluding hydrogens is 222 g/mol. The van der Waals surface area contributed by atoms with Crippen LogP contribution in [0.5, 0.6) is 5.75 Å². The third-order valence-corrected chi connectivity index (χ3v) is 3.01. The summed E-state index contributed by atoms with van der Waals surface area (Å²) in [5.41, 5.74) is 3.43. The van der Waals surface area contributed by atoms with E-state index in [1.54, 1.807) is 6.07 Å². The zero-order valence-corrected chi connectivity index (χ0v) is 10.9. The van der Waals surface area contributed by atoms with Gasteiger partial charge in [-0.3, -0.25) is 0 Å². The zero-order valence-electron chi connectivity index (χ0n) is 10.9. The highest BCUT2D eigenvalue weighted by molar-refractivity contribution is 5.53. The van der Waals surface area contributed by atoms with Crippen LogP contribution in [-0.2, 0) is 6.54 Å². The smallest absolute Gasteiger partial charge is 0.117 e. The summed E-state index contributed by atoms with van der Waals surface area (Å²) in [6.07, 6.45) is 0. The second kappa shape index (κ2) is 5.58. The molecule has 0 bridgehead atoms. The van der Waals surface area contributed by atoms with Crippen molar-refractivity contribution < 1.29 is 5.11 Å². The fraction of sp³-hybridized carbons (Fsp3) is 0.250. The van der Waals surface area contributed by atoms with Gasteiger partial charge in [-0.25, -0.2) is 0 Å². The summed E-state index contributed by atoms with van der Waals surface area (Å²) in [6.45, 7) is 5.90. The molecule has 0 amide bonds. The summed E-state index contributed by atoms with van der Waals surface area (Å²) >= 11 is 0. The first-order valence-electron chi connectivity index (χ1n) is 6.28. The van der Waals surface area contributed by atoms with Gasteiger partial charge >= 0.3 is 0 Å². The Morgan fingerprint density at radius 1 is 1.06 bits per heavy atom. The van der Waals surface area contributed by atoms with Gasteiger partial charge in [-0.2, -0.15) is 0 Å². The van der Waals surface area contributed by atoms with E-state index >= 15 is 0 Å². The van der Waals surface area contributed by atoms with E-state index < -0.39 is 0 Å². The summed E-state index contributed by atoms with van der Waals surface area (Å²) in [7, 11) is 0. The van der Waals surface area contributed by atoms with Crippen LogP contribution in [-0.4, -0.2) is 11.7 Å². The van der Waals surface area contributed by atoms with Crippen molar-refractivity contribution in [1.82, 2.24) is 0 Å². The third kappa shape index (κ3) is 3.04. The molecule has 0 fully saturated rings. The first kappa shape index (κ1) is 12.5. The molecule has 0 aliphatic heterocycles. The van der Waals surface area contributed by atoms with Crippen molar-refractivity contribution in [1.29, 1.82) is 0 Å². The second-order valence-electron chi connectivity index (χ2n) is 4.53. The van der Waals surface area contributed by atoms with E-state index in [-0.39, 0.29) is 0 Å². The van der Waals surface area contributed by atoms with E-state index in [0.29, 0.717) is 5.75 Å². The topological polar surface area (TPSA) is 23.5 Å². The highest BCUT2D eigenvalue weighted by Gasteiger charge is 2.06. The fourth-order valence-electron chi connectivity index (χ4n) is 2.12. The number of nitrogens with zero attached hydrogens (tertiary/aromatic N) is 1. The number of phenolic OH excluding ortho intramolecular Hbond substituents is 1. The van der Waals surface area contributed by atoms with Crippen molar-refractivity contribution in [2.45, 2.75) is 20.4 Å². The SMILES string of the molecule is CCN(Cc1ccccc1)c1cc(C)cc(O)c1. The molecule has 1 N–H and O–H groups in total. The number of hydrogen-bond donors (Lipinski definition) is 1. The number of phenols is 1. The van der Waals surface area contributed by atoms with Gasteiger partial charge < -0.3 is 10.0 Å². The largest absolute Gasteiger partial charge is 0.508 e. The number of anilines is 1. The van der Waals surface area contributed by atoms with Gasteiger partial charge in [0.15, 0.2) is 0 Å². The van der Waals surface area contributed by atoms with Crippen molar-refractivity contribution in [2.24, 2.45) is 0 Å². The van der Waals surface area contributed by atoms with Crippen molar-refractivity contribution in [2.75, 3.05) is 11.4 Å². The molecule has 2 rings (SSSR count). The van der Waals surface area contributed by atoms with Crippen molar-refractivity contribution in [3.05, 3.63) is 59.7 Å². The maximum atomic E-state index is 9.68. The van der Waals surface area contributed by atoms with Crippen LogP contribution in [0.1, 0.15) is 18.1 Å². The van der Waals surface area contributed by atoms with Gasteiger partial charge in [0.05, 0.1) is 0 Å². The van der Waals surface area contributed by atoms with Gasteiger partial charge in [0.25, 0.3) is 0 Å². The number of benzene rings is 2. The lowest BCUT2D eigenvalue weighted by Crippen LogP contribution is -2.21. The average Bonchev–Trinajstić information content (AvgIpc) is 2.36. The van der Waals surface area contributed by atoms with Crippen molar-refractivity contribution in [3.63, 3.8) is 0 Å². The van der Waals surface area contributed by atoms with E-state index in [2.05, 4.69) is 42.2 Å². The minimum absolute atomic E-state index is 0.330. The molecule has 0 saturated carbocycles. The molecule has 0 saturated heterocycles. The molecule has 94 valence electrons. The summed E-state index contributed by atoms with van der Waals surface area (Å²) < 4.78 is 0. The summed E-state index contributed by atoms with van der Waals surface area (Å²) in [4.78, 5) is 2.25. The lowest BCUT2D eigenvalue weighted by Gasteiger charge is -2.24. The zero-order chi connectivity index (χ0) is 13.0. The average molecular weight is 241 g/mol. The standard InChI is InChI=1S/C16H19NO/c1-3-17(12-14-7-5-4-6-8-14)15-9-13(2)10-16(18)11-15/h4-11,18H,3,12H2,1-2H3. The number of hydrogen-bond acceptors (Lipinski definition) is 2. The molecule has 18 heavy (non-hydrogen) atoms. The van der Waals surface area contributed by atoms with Crippen LogP contribution >= 0.6 is 0 Å². The minimum Gasteiger partial charge on any atom is -0.508 e. The normalized spacial score (nSPS) is 10.3. The van der Waals surface area contributed by atoms with Gasteiger partial charge in [0, 0.05) is 24.8 Å². The van der Waals surface area contributed by atoms with Crippen LogP contribution in [0.15, 0.2) is 48.5 Å². The third-order valence-electron chi connectivity index (χ3n) is 3.01. The molecule has 2 nitrogen and oxygen atoms in total.